The third kappa shape index (κ3) is 3.35. The van der Waals surface area contributed by atoms with Gasteiger partial charge in [0.2, 0.25) is 0 Å². The number of esters is 1. The molecule has 0 unspecified atom stereocenters. The number of rotatable bonds is 2. The number of carbonyl (C=O) groups excluding carboxylic acids is 1. The Morgan fingerprint density at radius 2 is 1.80 bits per heavy atom. The highest BCUT2D eigenvalue weighted by Gasteiger charge is 2.29. The molecule has 0 atom stereocenters. The number of piperidine rings is 1. The van der Waals surface area contributed by atoms with Gasteiger partial charge in [-0.25, -0.2) is 0 Å². The number of halogens is 1. The fourth-order valence-electron chi connectivity index (χ4n) is 2.35. The molecular weight excluding hydrogens is 214 g/mol. The Bertz CT molecular complexity index is 211. The molecule has 1 saturated heterocycles. The predicted molar refractivity (Wildman–Crippen MR) is 61.2 cm³/mol. The van der Waals surface area contributed by atoms with Gasteiger partial charge in [-0.2, -0.15) is 0 Å². The van der Waals surface area contributed by atoms with Gasteiger partial charge >= 0.3 is 5.97 Å². The van der Waals surface area contributed by atoms with Crippen LogP contribution >= 0.6 is 12.4 Å². The number of hydrogen-bond acceptors (Lipinski definition) is 3. The molecule has 0 aromatic rings. The molecule has 15 heavy (non-hydrogen) atoms. The molecule has 2 rings (SSSR count). The monoisotopic (exact) mass is 233 g/mol. The minimum atomic E-state index is -0.132. The van der Waals surface area contributed by atoms with E-state index in [0.29, 0.717) is 0 Å². The summed E-state index contributed by atoms with van der Waals surface area (Å²) in [6, 6.07) is 0.841. The first-order chi connectivity index (χ1) is 6.75. The summed E-state index contributed by atoms with van der Waals surface area (Å²) in [5, 5.41) is 0. The van der Waals surface area contributed by atoms with E-state index in [1.807, 2.05) is 0 Å². The molecule has 3 nitrogen and oxygen atoms in total. The molecule has 1 aliphatic carbocycles. The molecule has 1 heterocycles. The Morgan fingerprint density at radius 1 is 1.20 bits per heavy atom. The summed E-state index contributed by atoms with van der Waals surface area (Å²) in [4.78, 5) is 13.3. The zero-order valence-electron chi connectivity index (χ0n) is 9.28. The van der Waals surface area contributed by atoms with E-state index in [4.69, 9.17) is 4.74 Å². The molecular formula is C11H20ClNO2. The molecule has 0 aromatic carbocycles. The summed E-state index contributed by atoms with van der Waals surface area (Å²) in [6.07, 6.45) is 6.38. The van der Waals surface area contributed by atoms with Gasteiger partial charge in [0, 0.05) is 26.1 Å². The smallest absolute Gasteiger partial charge is 0.302 e. The first kappa shape index (κ1) is 12.8. The van der Waals surface area contributed by atoms with Crippen LogP contribution in [0.25, 0.3) is 0 Å². The highest BCUT2D eigenvalue weighted by molar-refractivity contribution is 5.85. The lowest BCUT2D eigenvalue weighted by Gasteiger charge is -2.41. The number of nitrogens with zero attached hydrogens (tertiary/aromatic N) is 1. The lowest BCUT2D eigenvalue weighted by molar-refractivity contribution is -0.148. The summed E-state index contributed by atoms with van der Waals surface area (Å²) in [7, 11) is 0. The van der Waals surface area contributed by atoms with Crippen LogP contribution in [0.4, 0.5) is 0 Å². The molecule has 2 aliphatic rings. The van der Waals surface area contributed by atoms with Crippen molar-refractivity contribution in [1.29, 1.82) is 0 Å². The van der Waals surface area contributed by atoms with Crippen molar-refractivity contribution in [3.8, 4) is 0 Å². The average molecular weight is 234 g/mol. The second-order valence-corrected chi connectivity index (χ2v) is 4.43. The maximum Gasteiger partial charge on any atom is 0.302 e. The lowest BCUT2D eigenvalue weighted by atomic mass is 9.90. The molecule has 88 valence electrons. The van der Waals surface area contributed by atoms with Crippen LogP contribution in [0.1, 0.15) is 39.0 Å². The Kier molecular flexibility index (Phi) is 4.87. The van der Waals surface area contributed by atoms with Crippen molar-refractivity contribution >= 4 is 18.4 Å². The summed E-state index contributed by atoms with van der Waals surface area (Å²) < 4.78 is 5.21. The van der Waals surface area contributed by atoms with Crippen LogP contribution in [-0.4, -0.2) is 36.1 Å². The average Bonchev–Trinajstić information content (AvgIpc) is 2.04. The van der Waals surface area contributed by atoms with Crippen molar-refractivity contribution in [2.24, 2.45) is 0 Å². The van der Waals surface area contributed by atoms with Crippen molar-refractivity contribution in [1.82, 2.24) is 4.90 Å². The largest absolute Gasteiger partial charge is 0.462 e. The van der Waals surface area contributed by atoms with Gasteiger partial charge in [0.1, 0.15) is 6.10 Å². The molecule has 0 N–H and O–H groups in total. The predicted octanol–water partition coefficient (Wildman–Crippen LogP) is 1.99. The van der Waals surface area contributed by atoms with Gasteiger partial charge in [-0.15, -0.1) is 12.4 Å². The van der Waals surface area contributed by atoms with E-state index in [1.54, 1.807) is 0 Å². The van der Waals surface area contributed by atoms with Crippen LogP contribution < -0.4 is 0 Å². The SMILES string of the molecule is CC(=O)OC1CCN(C2CCC2)CC1.Cl. The van der Waals surface area contributed by atoms with E-state index < -0.39 is 0 Å². The maximum atomic E-state index is 10.8. The van der Waals surface area contributed by atoms with E-state index in [-0.39, 0.29) is 24.5 Å². The van der Waals surface area contributed by atoms with Gasteiger partial charge in [-0.05, 0) is 25.7 Å². The minimum Gasteiger partial charge on any atom is -0.462 e. The molecule has 0 amide bonds. The molecule has 0 spiro atoms. The first-order valence-corrected chi connectivity index (χ1v) is 5.67. The summed E-state index contributed by atoms with van der Waals surface area (Å²) >= 11 is 0. The Hall–Kier alpha value is -0.280. The zero-order valence-corrected chi connectivity index (χ0v) is 10.1. The zero-order chi connectivity index (χ0) is 9.97. The standard InChI is InChI=1S/C11H19NO2.ClH/c1-9(13)14-11-5-7-12(8-6-11)10-3-2-4-10;/h10-11H,2-8H2,1H3;1H. The van der Waals surface area contributed by atoms with Crippen LogP contribution in [0, 0.1) is 0 Å². The van der Waals surface area contributed by atoms with Gasteiger partial charge in [-0.1, -0.05) is 6.42 Å². The van der Waals surface area contributed by atoms with Crippen LogP contribution in [0.3, 0.4) is 0 Å². The van der Waals surface area contributed by atoms with Gasteiger partial charge in [-0.3, -0.25) is 4.79 Å². The number of hydrogen-bond donors (Lipinski definition) is 0. The molecule has 4 heteroatoms. The summed E-state index contributed by atoms with van der Waals surface area (Å²) in [5.41, 5.74) is 0. The van der Waals surface area contributed by atoms with E-state index in [9.17, 15) is 4.79 Å². The molecule has 1 saturated carbocycles. The number of ether oxygens (including phenoxy) is 1. The Morgan fingerprint density at radius 3 is 2.20 bits per heavy atom. The van der Waals surface area contributed by atoms with Crippen LogP contribution in [0.15, 0.2) is 0 Å². The summed E-state index contributed by atoms with van der Waals surface area (Å²) in [6.45, 7) is 3.73. The molecule has 0 radical (unpaired) electrons. The second-order valence-electron chi connectivity index (χ2n) is 4.43. The van der Waals surface area contributed by atoms with Gasteiger partial charge < -0.3 is 9.64 Å². The van der Waals surface area contributed by atoms with Crippen molar-refractivity contribution in [3.05, 3.63) is 0 Å². The Labute approximate surface area is 97.6 Å². The Balaban J connectivity index is 0.00000112. The van der Waals surface area contributed by atoms with Crippen LogP contribution in [0.5, 0.6) is 0 Å². The first-order valence-electron chi connectivity index (χ1n) is 5.67. The third-order valence-electron chi connectivity index (χ3n) is 3.40. The maximum absolute atomic E-state index is 10.8. The van der Waals surface area contributed by atoms with Crippen LogP contribution in [-0.2, 0) is 9.53 Å². The van der Waals surface area contributed by atoms with Crippen molar-refractivity contribution in [2.45, 2.75) is 51.2 Å². The van der Waals surface area contributed by atoms with Crippen LogP contribution in [0.2, 0.25) is 0 Å². The third-order valence-corrected chi connectivity index (χ3v) is 3.40. The second kappa shape index (κ2) is 5.71. The van der Waals surface area contributed by atoms with E-state index in [0.717, 1.165) is 32.0 Å². The minimum absolute atomic E-state index is 0. The molecule has 0 bridgehead atoms. The van der Waals surface area contributed by atoms with Crippen molar-refractivity contribution in [3.63, 3.8) is 0 Å². The highest BCUT2D eigenvalue weighted by Crippen LogP contribution is 2.27. The van der Waals surface area contributed by atoms with E-state index in [1.165, 1.54) is 26.2 Å². The normalized spacial score (nSPS) is 24.1. The molecule has 2 fully saturated rings. The lowest BCUT2D eigenvalue weighted by Crippen LogP contribution is -2.46. The molecule has 0 aromatic heterocycles. The van der Waals surface area contributed by atoms with Gasteiger partial charge in [0.05, 0.1) is 0 Å². The molecule has 1 aliphatic heterocycles. The highest BCUT2D eigenvalue weighted by atomic mass is 35.5. The van der Waals surface area contributed by atoms with Crippen molar-refractivity contribution < 1.29 is 9.53 Å². The fraction of sp³-hybridized carbons (Fsp3) is 0.909. The van der Waals surface area contributed by atoms with Crippen molar-refractivity contribution in [2.75, 3.05) is 13.1 Å². The summed E-state index contributed by atoms with van der Waals surface area (Å²) in [5.74, 6) is -0.132. The quantitative estimate of drug-likeness (QED) is 0.684. The number of likely N-dealkylation sites (tertiary alicyclic amines) is 1. The topological polar surface area (TPSA) is 29.5 Å². The van der Waals surface area contributed by atoms with E-state index in [2.05, 4.69) is 4.90 Å². The van der Waals surface area contributed by atoms with Gasteiger partial charge in [0.15, 0.2) is 0 Å². The number of carbonyl (C=O) groups is 1. The van der Waals surface area contributed by atoms with E-state index >= 15 is 0 Å². The fourth-order valence-corrected chi connectivity index (χ4v) is 2.35. The van der Waals surface area contributed by atoms with Gasteiger partial charge in [0.25, 0.3) is 0 Å².